The number of aryl methyl sites for hydroxylation is 6. The number of terminal acetylenes is 1. The lowest BCUT2D eigenvalue weighted by Crippen LogP contribution is -1.99. The van der Waals surface area contributed by atoms with E-state index < -0.39 is 0 Å². The minimum atomic E-state index is 0.0943. The molecule has 7 aromatic carbocycles. The van der Waals surface area contributed by atoms with E-state index in [2.05, 4.69) is 340 Å². The Morgan fingerprint density at radius 2 is 0.650 bits per heavy atom. The van der Waals surface area contributed by atoms with Gasteiger partial charge in [-0.05, 0) is 216 Å². The summed E-state index contributed by atoms with van der Waals surface area (Å²) in [7, 11) is 0. The summed E-state index contributed by atoms with van der Waals surface area (Å²) in [6.07, 6.45) is 22.1. The number of pyridine rings is 7. The van der Waals surface area contributed by atoms with Gasteiger partial charge in [0.05, 0.1) is 39.9 Å². The van der Waals surface area contributed by atoms with Gasteiger partial charge in [0.1, 0.15) is 6.33 Å². The van der Waals surface area contributed by atoms with E-state index in [4.69, 9.17) is 6.42 Å². The number of ketones is 1. The van der Waals surface area contributed by atoms with Crippen molar-refractivity contribution >= 4 is 5.78 Å². The number of aromatic nitrogens is 10. The van der Waals surface area contributed by atoms with Crippen LogP contribution < -0.4 is 0 Å². The molecular formula is C112H124N10O. The number of carbonyl (C=O) groups is 1. The van der Waals surface area contributed by atoms with E-state index >= 15 is 0 Å². The maximum absolute atomic E-state index is 11.3. The molecule has 0 bridgehead atoms. The van der Waals surface area contributed by atoms with Crippen molar-refractivity contribution in [2.45, 2.75) is 200 Å². The minimum absolute atomic E-state index is 0.0943. The van der Waals surface area contributed by atoms with Gasteiger partial charge in [0, 0.05) is 99.0 Å². The van der Waals surface area contributed by atoms with Gasteiger partial charge in [-0.15, -0.1) is 6.42 Å². The Kier molecular flexibility index (Phi) is 35.6. The summed E-state index contributed by atoms with van der Waals surface area (Å²) in [6.45, 7) is 45.0. The second-order valence-corrected chi connectivity index (χ2v) is 33.1. The monoisotopic (exact) mass is 1620 g/mol. The van der Waals surface area contributed by atoms with Gasteiger partial charge in [-0.1, -0.05) is 304 Å². The number of aromatic amines is 1. The third kappa shape index (κ3) is 26.2. The Balaban J connectivity index is 0.000000163. The summed E-state index contributed by atoms with van der Waals surface area (Å²) in [5, 5.41) is 6.79. The lowest BCUT2D eigenvalue weighted by molar-refractivity contribution is 0.101. The smallest absolute Gasteiger partial charge is 0.159 e. The van der Waals surface area contributed by atoms with Crippen LogP contribution in [-0.2, 0) is 12.8 Å². The van der Waals surface area contributed by atoms with Gasteiger partial charge in [0.15, 0.2) is 11.6 Å². The summed E-state index contributed by atoms with van der Waals surface area (Å²) in [5.41, 5.74) is 35.9. The van der Waals surface area contributed by atoms with E-state index in [9.17, 15) is 4.79 Å². The summed E-state index contributed by atoms with van der Waals surface area (Å²) in [4.78, 5) is 46.9. The molecule has 628 valence electrons. The van der Waals surface area contributed by atoms with Crippen LogP contribution in [-0.4, -0.2) is 55.9 Å². The Bertz CT molecular complexity index is 5850. The highest BCUT2D eigenvalue weighted by Gasteiger charge is 2.19. The molecule has 8 aromatic heterocycles. The Hall–Kier alpha value is -13.0. The highest BCUT2D eigenvalue weighted by Crippen LogP contribution is 2.37. The van der Waals surface area contributed by atoms with Crippen molar-refractivity contribution in [2.75, 3.05) is 0 Å². The first-order chi connectivity index (χ1) is 59.2. The fourth-order valence-electron chi connectivity index (χ4n) is 14.9. The highest BCUT2D eigenvalue weighted by atomic mass is 16.1. The van der Waals surface area contributed by atoms with Gasteiger partial charge in [-0.2, -0.15) is 5.10 Å². The lowest BCUT2D eigenvalue weighted by Gasteiger charge is -2.17. The van der Waals surface area contributed by atoms with Crippen LogP contribution in [0.4, 0.5) is 0 Å². The molecule has 0 saturated carbocycles. The zero-order valence-electron chi connectivity index (χ0n) is 76.2. The molecule has 0 aliphatic heterocycles. The first kappa shape index (κ1) is 93.8. The fraction of sp³-hybridized carbons (Fsp3) is 0.268. The van der Waals surface area contributed by atoms with E-state index in [1.165, 1.54) is 118 Å². The Morgan fingerprint density at radius 3 is 1.02 bits per heavy atom. The van der Waals surface area contributed by atoms with Crippen LogP contribution in [0.1, 0.15) is 248 Å². The molecule has 11 nitrogen and oxygen atoms in total. The second-order valence-electron chi connectivity index (χ2n) is 33.1. The van der Waals surface area contributed by atoms with Crippen molar-refractivity contribution in [2.24, 2.45) is 0 Å². The molecule has 0 fully saturated rings. The number of nitrogens with zero attached hydrogens (tertiary/aromatic N) is 9. The zero-order chi connectivity index (χ0) is 88.7. The molecule has 1 N–H and O–H groups in total. The lowest BCUT2D eigenvalue weighted by atomic mass is 9.90. The van der Waals surface area contributed by atoms with E-state index in [1.807, 2.05) is 140 Å². The van der Waals surface area contributed by atoms with Gasteiger partial charge in [-0.25, -0.2) is 4.98 Å². The number of hydrogen-bond acceptors (Lipinski definition) is 10. The molecule has 0 saturated heterocycles. The van der Waals surface area contributed by atoms with Crippen molar-refractivity contribution in [3.8, 4) is 102 Å². The molecule has 15 rings (SSSR count). The topological polar surface area (TPSA) is 149 Å². The van der Waals surface area contributed by atoms with Crippen LogP contribution in [0.5, 0.6) is 0 Å². The quantitative estimate of drug-likeness (QED) is 0.0650. The Morgan fingerprint density at radius 1 is 0.317 bits per heavy atom. The Labute approximate surface area is 734 Å². The van der Waals surface area contributed by atoms with Crippen LogP contribution >= 0.6 is 0 Å². The first-order valence-corrected chi connectivity index (χ1v) is 43.3. The highest BCUT2D eigenvalue weighted by molar-refractivity contribution is 5.94. The molecule has 123 heavy (non-hydrogen) atoms. The van der Waals surface area contributed by atoms with Crippen LogP contribution in [0.3, 0.4) is 0 Å². The number of carbonyl (C=O) groups excluding carboxylic acids is 1. The van der Waals surface area contributed by atoms with Gasteiger partial charge >= 0.3 is 0 Å². The van der Waals surface area contributed by atoms with Crippen LogP contribution in [0.25, 0.3) is 89.3 Å². The van der Waals surface area contributed by atoms with Crippen molar-refractivity contribution in [1.82, 2.24) is 50.1 Å². The summed E-state index contributed by atoms with van der Waals surface area (Å²) in [5.74, 6) is 6.53. The zero-order valence-corrected chi connectivity index (χ0v) is 76.2. The third-order valence-corrected chi connectivity index (χ3v) is 21.2. The number of Topliss-reactive ketones (excluding diaryl/α,β-unsaturated/α-hetero) is 1. The molecule has 8 heterocycles. The average molecular weight is 1630 g/mol. The molecule has 11 heteroatoms. The maximum atomic E-state index is 11.3. The molecule has 0 amide bonds. The number of rotatable bonds is 18. The molecule has 0 radical (unpaired) electrons. The van der Waals surface area contributed by atoms with E-state index in [1.54, 1.807) is 6.92 Å². The predicted molar refractivity (Wildman–Crippen MR) is 517 cm³/mol. The third-order valence-electron chi connectivity index (χ3n) is 21.2. The minimum Gasteiger partial charge on any atom is -0.295 e. The molecule has 0 unspecified atom stereocenters. The number of benzene rings is 7. The van der Waals surface area contributed by atoms with Crippen molar-refractivity contribution in [3.05, 3.63) is 377 Å². The van der Waals surface area contributed by atoms with E-state index in [0.29, 0.717) is 41.4 Å². The summed E-state index contributed by atoms with van der Waals surface area (Å²) < 4.78 is 0. The molecule has 0 aliphatic carbocycles. The van der Waals surface area contributed by atoms with Gasteiger partial charge in [0.2, 0.25) is 0 Å². The van der Waals surface area contributed by atoms with Crippen LogP contribution in [0.15, 0.2) is 292 Å². The number of H-pyrrole nitrogens is 1. The normalized spacial score (nSPS) is 10.8. The number of hydrogen-bond donors (Lipinski definition) is 1. The van der Waals surface area contributed by atoms with Crippen LogP contribution in [0, 0.1) is 40.0 Å². The van der Waals surface area contributed by atoms with Gasteiger partial charge in [0.25, 0.3) is 0 Å². The van der Waals surface area contributed by atoms with Crippen molar-refractivity contribution in [3.63, 3.8) is 0 Å². The standard InChI is InChI=1S/C18H23N.C16H16N4.C16H17NO.C16H15N.C16H19N.2C15H17N/c1-6-15-10-13(4)17(14(5)11-15)16-8-7-9-19-18(16)12(2)3;1-11(2)15-14(7-4-8-17-15)12-5-3-6-13(9-12)16-18-10-19-20-16;1-11(2)16-15(5-4-10-17-16)14-8-6-13(7-9-14)12(3)18;1-4-13-7-5-8-14(11-13)15-9-6-10-17-16(15)12(2)3;1-4-13-7-9-14(10-8-13)15-6-5-11-17-16(15)12(2)3;1-11(2)15-14(5-4-10-16-15)13-8-6-12(3)7-9-13;1-11(2)15-14(9-6-10-16-15)13-8-5-4-7-12(13)3/h7-12H,6H2,1-5H3;3-11H,1-2H3,(H,18,19,20);4-11H,1-3H3;1,5-12H,2-3H3;5-12H,4H2,1-3H3;2*4-11H,1-3H3. The SMILES string of the molecule is C#Cc1cccc(-c2cccnc2C(C)C)c1.CC(=O)c1ccc(-c2cccnc2C(C)C)cc1.CC(C)c1ncccc1-c1cccc(-c2ncn[nH]2)c1.CCc1cc(C)c(-c2cccnc2C(C)C)c(C)c1.CCc1ccc(-c2cccnc2C(C)C)cc1.Cc1ccc(-c2cccnc2C(C)C)cc1.Cc1ccccc1-c1cccnc1C(C)C. The predicted octanol–water partition coefficient (Wildman–Crippen LogP) is 29.4. The second kappa shape index (κ2) is 46.7. The maximum Gasteiger partial charge on any atom is 0.159 e. The molecule has 0 aliphatic rings. The first-order valence-electron chi connectivity index (χ1n) is 43.3. The molecular weight excluding hydrogens is 1500 g/mol. The fourth-order valence-corrected chi connectivity index (χ4v) is 14.9. The van der Waals surface area contributed by atoms with Gasteiger partial charge in [-0.3, -0.25) is 44.8 Å². The average Bonchev–Trinajstić information content (AvgIpc) is 1.42. The summed E-state index contributed by atoms with van der Waals surface area (Å²) >= 11 is 0. The van der Waals surface area contributed by atoms with Gasteiger partial charge < -0.3 is 0 Å². The van der Waals surface area contributed by atoms with Crippen LogP contribution in [0.2, 0.25) is 0 Å². The molecule has 15 aromatic rings. The largest absolute Gasteiger partial charge is 0.295 e. The molecule has 0 spiro atoms. The van der Waals surface area contributed by atoms with E-state index in [-0.39, 0.29) is 5.78 Å². The van der Waals surface area contributed by atoms with E-state index in [0.717, 1.165) is 74.7 Å². The molecule has 0 atom stereocenters. The van der Waals surface area contributed by atoms with Crippen molar-refractivity contribution < 1.29 is 4.79 Å². The van der Waals surface area contributed by atoms with Crippen molar-refractivity contribution in [1.29, 1.82) is 0 Å². The number of nitrogens with one attached hydrogen (secondary N) is 1. The summed E-state index contributed by atoms with van der Waals surface area (Å²) in [6, 6.07) is 83.4.